The van der Waals surface area contributed by atoms with E-state index in [-0.39, 0.29) is 30.3 Å². The van der Waals surface area contributed by atoms with Gasteiger partial charge in [-0.15, -0.1) is 0 Å². The summed E-state index contributed by atoms with van der Waals surface area (Å²) in [5.41, 5.74) is 0.119. The van der Waals surface area contributed by atoms with E-state index >= 15 is 0 Å². The summed E-state index contributed by atoms with van der Waals surface area (Å²) in [5, 5.41) is 19.8. The molecule has 7 nitrogen and oxygen atoms in total. The molecule has 1 aromatic carbocycles. The number of amides is 1. The molecule has 20 heavy (non-hydrogen) atoms. The predicted octanol–water partition coefficient (Wildman–Crippen LogP) is 1.28. The molecule has 0 atom stereocenters. The molecule has 1 aromatic rings. The molecule has 0 spiro atoms. The van der Waals surface area contributed by atoms with Crippen molar-refractivity contribution < 1.29 is 19.6 Å². The molecule has 0 heterocycles. The van der Waals surface area contributed by atoms with Crippen LogP contribution in [0.25, 0.3) is 0 Å². The number of non-ortho nitro benzene ring substituents is 1. The molecule has 1 amide bonds. The molecule has 0 radical (unpaired) electrons. The van der Waals surface area contributed by atoms with Crippen LogP contribution in [-0.2, 0) is 4.74 Å². The third-order valence-corrected chi connectivity index (χ3v) is 3.55. The van der Waals surface area contributed by atoms with Gasteiger partial charge in [-0.2, -0.15) is 0 Å². The molecule has 0 aliphatic heterocycles. The average Bonchev–Trinajstić information content (AvgIpc) is 2.43. The molecule has 0 bridgehead atoms. The summed E-state index contributed by atoms with van der Waals surface area (Å²) in [4.78, 5) is 24.0. The third-order valence-electron chi connectivity index (χ3n) is 2.61. The first-order chi connectivity index (χ1) is 9.51. The molecule has 1 N–H and O–H groups in total. The summed E-state index contributed by atoms with van der Waals surface area (Å²) in [6, 6.07) is 4.13. The summed E-state index contributed by atoms with van der Waals surface area (Å²) in [6.07, 6.45) is 0. The number of aliphatic hydroxyl groups is 1. The standard InChI is InChI=1S/C12H15IN2O5/c1-20-7-5-14(4-6-16)12(17)10-8-9(15(18)19)2-3-11(10)13/h2-3,8,16H,4-7H2,1H3. The lowest BCUT2D eigenvalue weighted by Gasteiger charge is -2.21. The normalized spacial score (nSPS) is 10.3. The number of halogens is 1. The van der Waals surface area contributed by atoms with Gasteiger partial charge in [0.25, 0.3) is 11.6 Å². The summed E-state index contributed by atoms with van der Waals surface area (Å²) in [5.74, 6) is -0.357. The predicted molar refractivity (Wildman–Crippen MR) is 80.7 cm³/mol. The lowest BCUT2D eigenvalue weighted by atomic mass is 10.1. The quantitative estimate of drug-likeness (QED) is 0.427. The number of aliphatic hydroxyl groups excluding tert-OH is 1. The van der Waals surface area contributed by atoms with Gasteiger partial charge in [0.2, 0.25) is 0 Å². The topological polar surface area (TPSA) is 92.9 Å². The van der Waals surface area contributed by atoms with Gasteiger partial charge in [-0.05, 0) is 28.7 Å². The number of nitro groups is 1. The van der Waals surface area contributed by atoms with Crippen LogP contribution in [0.3, 0.4) is 0 Å². The minimum atomic E-state index is -0.543. The second-order valence-electron chi connectivity index (χ2n) is 3.93. The zero-order valence-electron chi connectivity index (χ0n) is 10.9. The number of ether oxygens (including phenoxy) is 1. The Morgan fingerprint density at radius 1 is 1.50 bits per heavy atom. The Morgan fingerprint density at radius 3 is 2.75 bits per heavy atom. The number of carbonyl (C=O) groups is 1. The molecule has 0 unspecified atom stereocenters. The lowest BCUT2D eigenvalue weighted by molar-refractivity contribution is -0.384. The largest absolute Gasteiger partial charge is 0.395 e. The van der Waals surface area contributed by atoms with Gasteiger partial charge in [0, 0.05) is 35.9 Å². The fraction of sp³-hybridized carbons (Fsp3) is 0.417. The number of methoxy groups -OCH3 is 1. The zero-order valence-corrected chi connectivity index (χ0v) is 13.1. The highest BCUT2D eigenvalue weighted by molar-refractivity contribution is 14.1. The third kappa shape index (κ3) is 4.39. The second-order valence-corrected chi connectivity index (χ2v) is 5.09. The maximum atomic E-state index is 12.4. The van der Waals surface area contributed by atoms with Gasteiger partial charge in [-0.25, -0.2) is 0 Å². The molecule has 0 aromatic heterocycles. The van der Waals surface area contributed by atoms with Crippen molar-refractivity contribution in [1.82, 2.24) is 4.90 Å². The minimum absolute atomic E-state index is 0.135. The van der Waals surface area contributed by atoms with E-state index in [2.05, 4.69) is 0 Å². The van der Waals surface area contributed by atoms with Gasteiger partial charge in [-0.3, -0.25) is 14.9 Å². The van der Waals surface area contributed by atoms with Crippen LogP contribution in [0, 0.1) is 13.7 Å². The van der Waals surface area contributed by atoms with Crippen LogP contribution in [0.1, 0.15) is 10.4 Å². The van der Waals surface area contributed by atoms with Crippen LogP contribution >= 0.6 is 22.6 Å². The number of nitro benzene ring substituents is 1. The highest BCUT2D eigenvalue weighted by Gasteiger charge is 2.20. The summed E-state index contributed by atoms with van der Waals surface area (Å²) in [6.45, 7) is 0.619. The number of hydrogen-bond donors (Lipinski definition) is 1. The van der Waals surface area contributed by atoms with Crippen molar-refractivity contribution in [2.75, 3.05) is 33.4 Å². The van der Waals surface area contributed by atoms with E-state index < -0.39 is 4.92 Å². The van der Waals surface area contributed by atoms with Gasteiger partial charge in [-0.1, -0.05) is 0 Å². The minimum Gasteiger partial charge on any atom is -0.395 e. The first-order valence-corrected chi connectivity index (χ1v) is 6.92. The van der Waals surface area contributed by atoms with E-state index in [0.717, 1.165) is 0 Å². The van der Waals surface area contributed by atoms with E-state index in [1.165, 1.54) is 30.2 Å². The second kappa shape index (κ2) is 8.12. The number of hydrogen-bond acceptors (Lipinski definition) is 5. The Bertz CT molecular complexity index is 495. The van der Waals surface area contributed by atoms with Crippen LogP contribution in [0.15, 0.2) is 18.2 Å². The maximum Gasteiger partial charge on any atom is 0.270 e. The fourth-order valence-electron chi connectivity index (χ4n) is 1.60. The molecular formula is C12H15IN2O5. The molecule has 1 rings (SSSR count). The van der Waals surface area contributed by atoms with Crippen molar-refractivity contribution >= 4 is 34.2 Å². The van der Waals surface area contributed by atoms with E-state index in [1.54, 1.807) is 0 Å². The molecule has 0 saturated carbocycles. The first-order valence-electron chi connectivity index (χ1n) is 5.84. The SMILES string of the molecule is COCCN(CCO)C(=O)c1cc([N+](=O)[O-])ccc1I. The number of benzene rings is 1. The molecule has 0 aliphatic carbocycles. The number of rotatable bonds is 7. The Hall–Kier alpha value is -1.26. The van der Waals surface area contributed by atoms with Crippen molar-refractivity contribution in [3.05, 3.63) is 37.4 Å². The lowest BCUT2D eigenvalue weighted by Crippen LogP contribution is -2.36. The number of nitrogens with zero attached hydrogens (tertiary/aromatic N) is 2. The van der Waals surface area contributed by atoms with Gasteiger partial charge in [0.1, 0.15) is 0 Å². The molecule has 0 aliphatic rings. The molecule has 110 valence electrons. The Labute approximate surface area is 129 Å². The van der Waals surface area contributed by atoms with Crippen molar-refractivity contribution in [1.29, 1.82) is 0 Å². The average molecular weight is 394 g/mol. The van der Waals surface area contributed by atoms with E-state index in [9.17, 15) is 14.9 Å². The van der Waals surface area contributed by atoms with E-state index in [4.69, 9.17) is 9.84 Å². The van der Waals surface area contributed by atoms with E-state index in [0.29, 0.717) is 16.7 Å². The van der Waals surface area contributed by atoms with Crippen LogP contribution in [0.5, 0.6) is 0 Å². The zero-order chi connectivity index (χ0) is 15.1. The highest BCUT2D eigenvalue weighted by atomic mass is 127. The van der Waals surface area contributed by atoms with Crippen molar-refractivity contribution in [2.24, 2.45) is 0 Å². The Balaban J connectivity index is 3.03. The first kappa shape index (κ1) is 16.8. The Morgan fingerprint density at radius 2 is 2.20 bits per heavy atom. The molecule has 0 fully saturated rings. The summed E-state index contributed by atoms with van der Waals surface area (Å²) in [7, 11) is 1.51. The summed E-state index contributed by atoms with van der Waals surface area (Å²) >= 11 is 1.95. The highest BCUT2D eigenvalue weighted by Crippen LogP contribution is 2.21. The monoisotopic (exact) mass is 394 g/mol. The molecule has 8 heteroatoms. The van der Waals surface area contributed by atoms with Gasteiger partial charge in [0.15, 0.2) is 0 Å². The molecule has 0 saturated heterocycles. The number of carbonyl (C=O) groups excluding carboxylic acids is 1. The molecular weight excluding hydrogens is 379 g/mol. The van der Waals surface area contributed by atoms with Gasteiger partial charge < -0.3 is 14.7 Å². The summed E-state index contributed by atoms with van der Waals surface area (Å²) < 4.78 is 5.53. The maximum absolute atomic E-state index is 12.4. The van der Waals surface area contributed by atoms with Crippen LogP contribution in [-0.4, -0.2) is 54.3 Å². The smallest absolute Gasteiger partial charge is 0.270 e. The van der Waals surface area contributed by atoms with Crippen LogP contribution < -0.4 is 0 Å². The van der Waals surface area contributed by atoms with Crippen molar-refractivity contribution in [3.8, 4) is 0 Å². The van der Waals surface area contributed by atoms with Gasteiger partial charge >= 0.3 is 0 Å². The van der Waals surface area contributed by atoms with Crippen LogP contribution in [0.2, 0.25) is 0 Å². The fourth-order valence-corrected chi connectivity index (χ4v) is 2.16. The van der Waals surface area contributed by atoms with Crippen molar-refractivity contribution in [2.45, 2.75) is 0 Å². The van der Waals surface area contributed by atoms with E-state index in [1.807, 2.05) is 22.6 Å². The Kier molecular flexibility index (Phi) is 6.82. The van der Waals surface area contributed by atoms with Gasteiger partial charge in [0.05, 0.1) is 23.7 Å². The van der Waals surface area contributed by atoms with Crippen molar-refractivity contribution in [3.63, 3.8) is 0 Å². The van der Waals surface area contributed by atoms with Crippen LogP contribution in [0.4, 0.5) is 5.69 Å².